The molecule has 63 heavy (non-hydrogen) atoms. The third-order valence-electron chi connectivity index (χ3n) is 12.2. The van der Waals surface area contributed by atoms with Gasteiger partial charge in [-0.3, -0.25) is 38.7 Å². The Morgan fingerprint density at radius 2 is 1.70 bits per heavy atom. The molecule has 0 radical (unpaired) electrons. The molecule has 17 heteroatoms. The van der Waals surface area contributed by atoms with Crippen molar-refractivity contribution in [3.05, 3.63) is 119 Å². The topological polar surface area (TPSA) is 176 Å². The highest BCUT2D eigenvalue weighted by Gasteiger charge is 2.39. The lowest BCUT2D eigenvalue weighted by Crippen LogP contribution is -2.45. The molecule has 320 valence electrons. The van der Waals surface area contributed by atoms with Crippen LogP contribution in [0.1, 0.15) is 41.4 Å². The van der Waals surface area contributed by atoms with Gasteiger partial charge >= 0.3 is 5.69 Å². The minimum atomic E-state index is -1.02. The largest absolute Gasteiger partial charge is 0.385 e. The summed E-state index contributed by atoms with van der Waals surface area (Å²) < 4.78 is 18.0. The van der Waals surface area contributed by atoms with E-state index in [1.165, 1.54) is 15.3 Å². The van der Waals surface area contributed by atoms with Crippen LogP contribution in [0.25, 0.3) is 39.1 Å². The minimum absolute atomic E-state index is 0.193. The molecule has 1 aliphatic carbocycles. The van der Waals surface area contributed by atoms with Crippen molar-refractivity contribution in [2.24, 2.45) is 7.05 Å². The predicted octanol–water partition coefficient (Wildman–Crippen LogP) is 5.04. The van der Waals surface area contributed by atoms with E-state index in [0.717, 1.165) is 77.6 Å². The molecule has 3 aromatic carbocycles. The van der Waals surface area contributed by atoms with Crippen LogP contribution in [0.3, 0.4) is 0 Å². The third kappa shape index (κ3) is 7.64. The fraction of sp³-hybridized carbons (Fsp3) is 0.283. The lowest BCUT2D eigenvalue weighted by Gasteiger charge is -2.36. The number of imide groups is 1. The van der Waals surface area contributed by atoms with Crippen molar-refractivity contribution in [2.75, 3.05) is 48.8 Å². The first-order valence-corrected chi connectivity index (χ1v) is 21.1. The van der Waals surface area contributed by atoms with Gasteiger partial charge in [0.15, 0.2) is 17.2 Å². The zero-order chi connectivity index (χ0) is 43.4. The van der Waals surface area contributed by atoms with Crippen molar-refractivity contribution < 1.29 is 18.8 Å². The Morgan fingerprint density at radius 1 is 0.905 bits per heavy atom. The van der Waals surface area contributed by atoms with Gasteiger partial charge < -0.3 is 20.9 Å². The summed E-state index contributed by atoms with van der Waals surface area (Å²) in [5, 5.41) is 16.2. The molecule has 7 aromatic rings. The molecule has 2 saturated heterocycles. The average Bonchev–Trinajstić information content (AvgIpc) is 3.70. The standard InChI is InChI=1S/C46H45FN12O4/c1-48-36-23-40(54-59-39(25-50-43(36)59)45(62)52-35-22-33(35)47)51-30-6-3-5-29(21-30)34-14-9-27(24-49-34)26-56-17-19-57(20-18-56)31-12-10-28(11-13-31)32-7-4-8-37-42(32)55(2)46(63)58(37)38-15-16-41(60)53-44(38)61/h3-14,21,23-25,33,35,38,48H,15-20,22,26H2,1-2H3,(H,51,54)(H,52,62)(H,53,60,61)/t33-,35+,38?/m0/s1. The van der Waals surface area contributed by atoms with Crippen LogP contribution in [0.5, 0.6) is 0 Å². The molecule has 0 bridgehead atoms. The van der Waals surface area contributed by atoms with Crippen molar-refractivity contribution in [2.45, 2.75) is 44.1 Å². The number of anilines is 4. The zero-order valence-electron chi connectivity index (χ0n) is 34.7. The molecule has 16 nitrogen and oxygen atoms in total. The number of para-hydroxylation sites is 1. The van der Waals surface area contributed by atoms with Crippen LogP contribution >= 0.6 is 0 Å². The zero-order valence-corrected chi connectivity index (χ0v) is 34.7. The van der Waals surface area contributed by atoms with Gasteiger partial charge in [-0.2, -0.15) is 0 Å². The van der Waals surface area contributed by atoms with Crippen LogP contribution in [0.2, 0.25) is 0 Å². The summed E-state index contributed by atoms with van der Waals surface area (Å²) in [5.74, 6) is -0.693. The van der Waals surface area contributed by atoms with Gasteiger partial charge in [0.05, 0.1) is 34.7 Å². The maximum Gasteiger partial charge on any atom is 0.329 e. The summed E-state index contributed by atoms with van der Waals surface area (Å²) in [6.07, 6.45) is 3.16. The van der Waals surface area contributed by atoms with Crippen LogP contribution in [-0.4, -0.2) is 96.8 Å². The molecular formula is C46H45FN12O4. The van der Waals surface area contributed by atoms with E-state index in [-0.39, 0.29) is 30.1 Å². The molecule has 1 unspecified atom stereocenters. The summed E-state index contributed by atoms with van der Waals surface area (Å²) in [6.45, 7) is 4.32. The smallest absolute Gasteiger partial charge is 0.329 e. The van der Waals surface area contributed by atoms with Crippen molar-refractivity contribution in [1.82, 2.24) is 44.2 Å². The summed E-state index contributed by atoms with van der Waals surface area (Å²) in [4.78, 5) is 64.8. The van der Waals surface area contributed by atoms with Gasteiger partial charge in [0, 0.05) is 94.4 Å². The number of amides is 3. The first-order chi connectivity index (χ1) is 30.6. The van der Waals surface area contributed by atoms with E-state index in [2.05, 4.69) is 71.5 Å². The molecule has 6 heterocycles. The van der Waals surface area contributed by atoms with Crippen molar-refractivity contribution >= 4 is 57.3 Å². The highest BCUT2D eigenvalue weighted by molar-refractivity contribution is 6.01. The third-order valence-corrected chi connectivity index (χ3v) is 12.2. The number of hydrogen-bond acceptors (Lipinski definition) is 11. The number of halogens is 1. The number of nitrogens with one attached hydrogen (secondary N) is 4. The Labute approximate surface area is 360 Å². The number of pyridine rings is 1. The Balaban J connectivity index is 0.768. The molecule has 10 rings (SSSR count). The van der Waals surface area contributed by atoms with Gasteiger partial charge in [-0.05, 0) is 53.9 Å². The molecule has 4 aromatic heterocycles. The quantitative estimate of drug-likeness (QED) is 0.129. The van der Waals surface area contributed by atoms with E-state index in [1.807, 2.05) is 60.8 Å². The number of fused-ring (bicyclic) bond motifs is 2. The highest BCUT2D eigenvalue weighted by atomic mass is 19.1. The number of piperidine rings is 1. The molecule has 3 atom stereocenters. The SMILES string of the molecule is CNc1cc(Nc2cccc(-c3ccc(CN4CCN(c5ccc(-c6cccc7c6n(C)c(=O)n7C6CCC(=O)NC6=O)cc5)CC4)cn3)c2)nn2c(C(=O)N[C@@H]3C[C@@H]3F)cnc12. The Morgan fingerprint density at radius 3 is 2.43 bits per heavy atom. The number of imidazole rings is 2. The number of benzene rings is 3. The maximum absolute atomic E-state index is 13.5. The molecule has 2 aliphatic heterocycles. The van der Waals surface area contributed by atoms with Gasteiger partial charge in [-0.1, -0.05) is 42.5 Å². The van der Waals surface area contributed by atoms with E-state index in [0.29, 0.717) is 29.1 Å². The fourth-order valence-electron chi connectivity index (χ4n) is 8.69. The van der Waals surface area contributed by atoms with Crippen LogP contribution in [0, 0.1) is 0 Å². The van der Waals surface area contributed by atoms with E-state index in [4.69, 9.17) is 4.98 Å². The van der Waals surface area contributed by atoms with E-state index in [1.54, 1.807) is 18.7 Å². The van der Waals surface area contributed by atoms with Gasteiger partial charge in [0.25, 0.3) is 5.91 Å². The molecule has 3 fully saturated rings. The summed E-state index contributed by atoms with van der Waals surface area (Å²) in [6, 6.07) is 26.8. The van der Waals surface area contributed by atoms with E-state index >= 15 is 0 Å². The van der Waals surface area contributed by atoms with Crippen LogP contribution in [0.4, 0.5) is 27.3 Å². The summed E-state index contributed by atoms with van der Waals surface area (Å²) in [5.41, 5.74) is 9.17. The molecule has 3 amide bonds. The highest BCUT2D eigenvalue weighted by Crippen LogP contribution is 2.33. The number of rotatable bonds is 11. The number of hydrogen-bond donors (Lipinski definition) is 4. The summed E-state index contributed by atoms with van der Waals surface area (Å²) in [7, 11) is 3.49. The number of carbonyl (C=O) groups excluding carboxylic acids is 3. The predicted molar refractivity (Wildman–Crippen MR) is 238 cm³/mol. The van der Waals surface area contributed by atoms with Gasteiger partial charge in [0.2, 0.25) is 11.8 Å². The lowest BCUT2D eigenvalue weighted by molar-refractivity contribution is -0.135. The van der Waals surface area contributed by atoms with Gasteiger partial charge in [-0.15, -0.1) is 5.10 Å². The van der Waals surface area contributed by atoms with Crippen LogP contribution in [-0.2, 0) is 23.2 Å². The Bertz CT molecular complexity index is 2970. The van der Waals surface area contributed by atoms with Crippen molar-refractivity contribution in [1.29, 1.82) is 0 Å². The molecule has 0 spiro atoms. The number of piperazine rings is 1. The summed E-state index contributed by atoms with van der Waals surface area (Å²) >= 11 is 0. The molecule has 4 N–H and O–H groups in total. The maximum atomic E-state index is 13.5. The van der Waals surface area contributed by atoms with E-state index < -0.39 is 30.1 Å². The Kier molecular flexibility index (Phi) is 10.2. The van der Waals surface area contributed by atoms with E-state index in [9.17, 15) is 23.6 Å². The Hall–Kier alpha value is -7.40. The van der Waals surface area contributed by atoms with Gasteiger partial charge in [-0.25, -0.2) is 18.7 Å². The molecular weight excluding hydrogens is 804 g/mol. The lowest BCUT2D eigenvalue weighted by atomic mass is 10.0. The number of nitrogens with zero attached hydrogens (tertiary/aromatic N) is 8. The number of aromatic nitrogens is 6. The number of aryl methyl sites for hydroxylation is 1. The fourth-order valence-corrected chi connectivity index (χ4v) is 8.69. The number of carbonyl (C=O) groups is 3. The van der Waals surface area contributed by atoms with Crippen LogP contribution < -0.4 is 31.9 Å². The second-order valence-electron chi connectivity index (χ2n) is 16.3. The molecule has 1 saturated carbocycles. The first kappa shape index (κ1) is 39.7. The van der Waals surface area contributed by atoms with Crippen molar-refractivity contribution in [3.63, 3.8) is 0 Å². The monoisotopic (exact) mass is 848 g/mol. The van der Waals surface area contributed by atoms with Crippen molar-refractivity contribution in [3.8, 4) is 22.4 Å². The normalized spacial score (nSPS) is 19.0. The minimum Gasteiger partial charge on any atom is -0.385 e. The van der Waals surface area contributed by atoms with Gasteiger partial charge in [0.1, 0.15) is 12.2 Å². The first-order valence-electron chi connectivity index (χ1n) is 21.1. The molecule has 3 aliphatic rings. The number of alkyl halides is 1. The second kappa shape index (κ2) is 16.1. The second-order valence-corrected chi connectivity index (χ2v) is 16.3. The van der Waals surface area contributed by atoms with Crippen LogP contribution in [0.15, 0.2) is 102 Å². The average molecular weight is 849 g/mol.